The molecule has 1 aromatic carbocycles. The number of nitrogens with zero attached hydrogens (tertiary/aromatic N) is 3. The van der Waals surface area contributed by atoms with E-state index in [1.165, 1.54) is 7.05 Å². The molecule has 270 valence electrons. The number of carbonyl (C=O) groups is 2. The zero-order chi connectivity index (χ0) is 36.5. The molecule has 21 heteroatoms. The van der Waals surface area contributed by atoms with Crippen LogP contribution in [0.4, 0.5) is 59.9 Å². The zero-order valence-corrected chi connectivity index (χ0v) is 25.2. The van der Waals surface area contributed by atoms with Gasteiger partial charge in [0.15, 0.2) is 18.3 Å². The number of rotatable bonds is 10. The normalized spacial score (nSPS) is 18.0. The van der Waals surface area contributed by atoms with E-state index in [2.05, 4.69) is 20.6 Å². The first-order chi connectivity index (χ1) is 22.6. The van der Waals surface area contributed by atoms with Gasteiger partial charge in [-0.05, 0) is 49.4 Å². The van der Waals surface area contributed by atoms with Gasteiger partial charge in [0.05, 0.1) is 17.2 Å². The standard InChI is InChI=1S/C28H28F11N7O3/c1-46-21-18(9-15(24(45-21)49-11-19(29)30)22(47)42-14-5-3-13(4-6-14)26(31,32)33)44-25(46)43-17-8-12(2-7-16(17)27(34,35)36)10-41-23(48)20(40)28(37,38)39/h2,7-9,13-14,19-20H,3-6,10-11,40H2,1H3,(H,41,48)(H,42,47)(H,43,44)/t13-,14-,20?. The number of anilines is 2. The molecule has 0 saturated heterocycles. The van der Waals surface area contributed by atoms with Gasteiger partial charge >= 0.3 is 18.5 Å². The highest BCUT2D eigenvalue weighted by molar-refractivity contribution is 5.99. The summed E-state index contributed by atoms with van der Waals surface area (Å²) in [6, 6.07) is -0.0955. The van der Waals surface area contributed by atoms with Crippen molar-refractivity contribution in [3.63, 3.8) is 0 Å². The first-order valence-electron chi connectivity index (χ1n) is 14.4. The molecule has 2 aromatic heterocycles. The number of carbonyl (C=O) groups excluding carboxylic acids is 2. The third-order valence-corrected chi connectivity index (χ3v) is 7.66. The first kappa shape index (κ1) is 37.4. The van der Waals surface area contributed by atoms with E-state index in [9.17, 15) is 57.9 Å². The van der Waals surface area contributed by atoms with E-state index in [4.69, 9.17) is 10.5 Å². The van der Waals surface area contributed by atoms with Gasteiger partial charge in [0.1, 0.15) is 11.1 Å². The Bertz CT molecular complexity index is 1660. The number of aromatic nitrogens is 3. The Morgan fingerprint density at radius 3 is 2.22 bits per heavy atom. The predicted molar refractivity (Wildman–Crippen MR) is 150 cm³/mol. The molecule has 1 fully saturated rings. The number of aryl methyl sites for hydroxylation is 1. The second kappa shape index (κ2) is 14.2. The van der Waals surface area contributed by atoms with Crippen molar-refractivity contribution < 1.29 is 62.6 Å². The van der Waals surface area contributed by atoms with Crippen molar-refractivity contribution in [2.45, 2.75) is 69.3 Å². The van der Waals surface area contributed by atoms with E-state index < -0.39 is 90.6 Å². The molecule has 10 nitrogen and oxygen atoms in total. The molecule has 1 unspecified atom stereocenters. The van der Waals surface area contributed by atoms with E-state index in [1.807, 2.05) is 5.32 Å². The molecule has 0 bridgehead atoms. The van der Waals surface area contributed by atoms with Crippen molar-refractivity contribution in [2.24, 2.45) is 18.7 Å². The maximum absolute atomic E-state index is 13.9. The van der Waals surface area contributed by atoms with Crippen LogP contribution in [-0.2, 0) is 24.6 Å². The van der Waals surface area contributed by atoms with Crippen molar-refractivity contribution >= 4 is 34.6 Å². The molecular formula is C28H28F11N7O3. The summed E-state index contributed by atoms with van der Waals surface area (Å²) < 4.78 is 151. The summed E-state index contributed by atoms with van der Waals surface area (Å²) >= 11 is 0. The summed E-state index contributed by atoms with van der Waals surface area (Å²) in [5.74, 6) is -5.01. The van der Waals surface area contributed by atoms with Crippen LogP contribution < -0.4 is 26.4 Å². The van der Waals surface area contributed by atoms with Gasteiger partial charge in [-0.2, -0.15) is 44.5 Å². The summed E-state index contributed by atoms with van der Waals surface area (Å²) in [4.78, 5) is 33.1. The maximum Gasteiger partial charge on any atom is 0.418 e. The SMILES string of the molecule is Cn1c(Nc2cc(CNC(=O)C(N)C(F)(F)F)ccc2C(F)(F)F)nc2cc(C(=O)N[C@H]3CC[C@H](C(F)(F)F)CC3)c(OCC(F)F)nc21. The smallest absolute Gasteiger partial charge is 0.418 e. The van der Waals surface area contributed by atoms with Crippen LogP contribution in [0.1, 0.15) is 47.2 Å². The number of nitrogens with two attached hydrogens (primary N) is 1. The summed E-state index contributed by atoms with van der Waals surface area (Å²) in [6.07, 6.45) is -17.9. The molecule has 0 aliphatic heterocycles. The molecule has 0 radical (unpaired) electrons. The third-order valence-electron chi connectivity index (χ3n) is 7.66. The minimum absolute atomic E-state index is 0.0180. The predicted octanol–water partition coefficient (Wildman–Crippen LogP) is 5.73. The Labute approximate surface area is 269 Å². The van der Waals surface area contributed by atoms with Crippen molar-refractivity contribution in [1.82, 2.24) is 25.2 Å². The molecule has 2 amide bonds. The lowest BCUT2D eigenvalue weighted by Crippen LogP contribution is -2.49. The maximum atomic E-state index is 13.9. The molecule has 2 heterocycles. The van der Waals surface area contributed by atoms with Gasteiger partial charge in [0, 0.05) is 19.6 Å². The van der Waals surface area contributed by atoms with Gasteiger partial charge in [-0.25, -0.2) is 13.8 Å². The van der Waals surface area contributed by atoms with E-state index in [-0.39, 0.29) is 48.4 Å². The van der Waals surface area contributed by atoms with Crippen LogP contribution >= 0.6 is 0 Å². The van der Waals surface area contributed by atoms with Crippen LogP contribution in [0.5, 0.6) is 5.88 Å². The molecule has 1 aliphatic rings. The van der Waals surface area contributed by atoms with Gasteiger partial charge in [0.2, 0.25) is 17.7 Å². The lowest BCUT2D eigenvalue weighted by molar-refractivity contribution is -0.182. The van der Waals surface area contributed by atoms with E-state index in [1.54, 1.807) is 0 Å². The van der Waals surface area contributed by atoms with Crippen molar-refractivity contribution in [2.75, 3.05) is 11.9 Å². The van der Waals surface area contributed by atoms with E-state index >= 15 is 0 Å². The van der Waals surface area contributed by atoms with Gasteiger partial charge in [0.25, 0.3) is 12.3 Å². The average molecular weight is 720 g/mol. The van der Waals surface area contributed by atoms with Gasteiger partial charge < -0.3 is 26.4 Å². The molecule has 5 N–H and O–H groups in total. The molecule has 3 aromatic rings. The van der Waals surface area contributed by atoms with Crippen molar-refractivity contribution in [3.05, 3.63) is 41.0 Å². The molecule has 1 saturated carbocycles. The number of halogens is 11. The lowest BCUT2D eigenvalue weighted by Gasteiger charge is -2.30. The van der Waals surface area contributed by atoms with Crippen LogP contribution in [-0.4, -0.2) is 63.8 Å². The van der Waals surface area contributed by atoms with Crippen LogP contribution in [0.25, 0.3) is 11.2 Å². The minimum atomic E-state index is -5.06. The largest absolute Gasteiger partial charge is 0.471 e. The van der Waals surface area contributed by atoms with Crippen LogP contribution in [0, 0.1) is 5.92 Å². The number of pyridine rings is 1. The number of hydrogen-bond donors (Lipinski definition) is 4. The van der Waals surface area contributed by atoms with Gasteiger partial charge in [-0.15, -0.1) is 0 Å². The number of ether oxygens (including phenoxy) is 1. The fourth-order valence-corrected chi connectivity index (χ4v) is 5.07. The number of imidazole rings is 1. The number of fused-ring (bicyclic) bond motifs is 1. The summed E-state index contributed by atoms with van der Waals surface area (Å²) in [6.45, 7) is -1.84. The Hall–Kier alpha value is -4.43. The zero-order valence-electron chi connectivity index (χ0n) is 25.2. The van der Waals surface area contributed by atoms with Crippen LogP contribution in [0.2, 0.25) is 0 Å². The molecule has 4 rings (SSSR count). The summed E-state index contributed by atoms with van der Waals surface area (Å²) in [5, 5.41) is 6.86. The first-order valence-corrected chi connectivity index (χ1v) is 14.4. The molecule has 1 atom stereocenters. The van der Waals surface area contributed by atoms with Crippen LogP contribution in [0.15, 0.2) is 24.3 Å². The van der Waals surface area contributed by atoms with E-state index in [0.29, 0.717) is 6.07 Å². The van der Waals surface area contributed by atoms with Crippen molar-refractivity contribution in [1.29, 1.82) is 0 Å². The number of hydrogen-bond acceptors (Lipinski definition) is 7. The monoisotopic (exact) mass is 719 g/mol. The Kier molecular flexibility index (Phi) is 10.8. The fourth-order valence-electron chi connectivity index (χ4n) is 5.07. The molecule has 0 spiro atoms. The Balaban J connectivity index is 1.63. The average Bonchev–Trinajstić information content (AvgIpc) is 3.30. The quantitative estimate of drug-likeness (QED) is 0.197. The van der Waals surface area contributed by atoms with Crippen molar-refractivity contribution in [3.8, 4) is 5.88 Å². The van der Waals surface area contributed by atoms with Gasteiger partial charge in [-0.3, -0.25) is 14.2 Å². The minimum Gasteiger partial charge on any atom is -0.471 e. The fraction of sp³-hybridized carbons (Fsp3) is 0.500. The molecule has 1 aliphatic carbocycles. The second-order valence-corrected chi connectivity index (χ2v) is 11.2. The van der Waals surface area contributed by atoms with Gasteiger partial charge in [-0.1, -0.05) is 6.07 Å². The Morgan fingerprint density at radius 2 is 1.65 bits per heavy atom. The highest BCUT2D eigenvalue weighted by Gasteiger charge is 2.43. The second-order valence-electron chi connectivity index (χ2n) is 11.2. The number of benzene rings is 1. The molecule has 49 heavy (non-hydrogen) atoms. The Morgan fingerprint density at radius 1 is 1.00 bits per heavy atom. The lowest BCUT2D eigenvalue weighted by atomic mass is 9.85. The molecular weight excluding hydrogens is 691 g/mol. The number of alkyl halides is 11. The third kappa shape index (κ3) is 9.18. The van der Waals surface area contributed by atoms with E-state index in [0.717, 1.165) is 22.8 Å². The topological polar surface area (TPSA) is 136 Å². The number of amides is 2. The highest BCUT2D eigenvalue weighted by Crippen LogP contribution is 2.39. The summed E-state index contributed by atoms with van der Waals surface area (Å²) in [7, 11) is 1.27. The van der Waals surface area contributed by atoms with Crippen LogP contribution in [0.3, 0.4) is 0 Å². The summed E-state index contributed by atoms with van der Waals surface area (Å²) in [5.41, 5.74) is 2.19. The highest BCUT2D eigenvalue weighted by atomic mass is 19.4. The number of nitrogens with one attached hydrogen (secondary N) is 3.